The second-order valence-electron chi connectivity index (χ2n) is 6.48. The minimum atomic E-state index is 0.0749. The summed E-state index contributed by atoms with van der Waals surface area (Å²) in [5.74, 6) is 1.88. The van der Waals surface area contributed by atoms with Crippen LogP contribution >= 0.6 is 0 Å². The number of anilines is 1. The molecule has 1 aliphatic heterocycles. The summed E-state index contributed by atoms with van der Waals surface area (Å²) < 4.78 is 5.74. The topological polar surface area (TPSA) is 50.4 Å². The zero-order chi connectivity index (χ0) is 15.9. The van der Waals surface area contributed by atoms with Gasteiger partial charge in [-0.2, -0.15) is 0 Å². The van der Waals surface area contributed by atoms with Crippen molar-refractivity contribution in [1.82, 2.24) is 5.32 Å². The van der Waals surface area contributed by atoms with Crippen LogP contribution in [-0.4, -0.2) is 25.1 Å². The summed E-state index contributed by atoms with van der Waals surface area (Å²) in [6.45, 7) is 8.30. The predicted molar refractivity (Wildman–Crippen MR) is 90.2 cm³/mol. The van der Waals surface area contributed by atoms with Gasteiger partial charge in [-0.25, -0.2) is 0 Å². The smallest absolute Gasteiger partial charge is 0.224 e. The van der Waals surface area contributed by atoms with Crippen LogP contribution in [0.2, 0.25) is 0 Å². The Labute approximate surface area is 133 Å². The molecule has 1 saturated heterocycles. The third kappa shape index (κ3) is 5.02. The van der Waals surface area contributed by atoms with E-state index in [1.807, 2.05) is 38.1 Å². The molecule has 0 saturated carbocycles. The van der Waals surface area contributed by atoms with E-state index >= 15 is 0 Å². The first-order chi connectivity index (χ1) is 10.6. The largest absolute Gasteiger partial charge is 0.489 e. The summed E-state index contributed by atoms with van der Waals surface area (Å²) in [7, 11) is 0. The van der Waals surface area contributed by atoms with Gasteiger partial charge < -0.3 is 15.4 Å². The molecule has 0 aliphatic carbocycles. The molecule has 1 aromatic rings. The number of para-hydroxylation sites is 2. The molecule has 1 aliphatic rings. The molecule has 0 radical (unpaired) electrons. The molecule has 1 atom stereocenters. The van der Waals surface area contributed by atoms with Crippen LogP contribution < -0.4 is 15.4 Å². The van der Waals surface area contributed by atoms with Crippen molar-refractivity contribution in [2.24, 2.45) is 11.8 Å². The molecule has 0 spiro atoms. The van der Waals surface area contributed by atoms with Gasteiger partial charge in [-0.1, -0.05) is 19.1 Å². The highest BCUT2D eigenvalue weighted by Gasteiger charge is 2.22. The van der Waals surface area contributed by atoms with Gasteiger partial charge in [0.2, 0.25) is 5.91 Å². The Kier molecular flexibility index (Phi) is 6.25. The van der Waals surface area contributed by atoms with E-state index in [4.69, 9.17) is 4.74 Å². The minimum absolute atomic E-state index is 0.0749. The van der Waals surface area contributed by atoms with Crippen LogP contribution in [0.1, 0.15) is 40.0 Å². The predicted octanol–water partition coefficient (Wildman–Crippen LogP) is 3.44. The second-order valence-corrected chi connectivity index (χ2v) is 6.48. The SMILES string of the molecule is CC(C)Oc1ccccc1NC(=O)CC(C)C1CCNCC1. The Hall–Kier alpha value is -1.55. The van der Waals surface area contributed by atoms with Crippen molar-refractivity contribution in [1.29, 1.82) is 0 Å². The Morgan fingerprint density at radius 3 is 2.64 bits per heavy atom. The van der Waals surface area contributed by atoms with Gasteiger partial charge in [0, 0.05) is 6.42 Å². The molecule has 1 fully saturated rings. The Morgan fingerprint density at radius 2 is 1.95 bits per heavy atom. The first-order valence-corrected chi connectivity index (χ1v) is 8.32. The molecule has 2 rings (SSSR count). The third-order valence-electron chi connectivity index (χ3n) is 4.22. The maximum absolute atomic E-state index is 12.3. The average molecular weight is 304 g/mol. The fraction of sp³-hybridized carbons (Fsp3) is 0.611. The highest BCUT2D eigenvalue weighted by Crippen LogP contribution is 2.27. The summed E-state index contributed by atoms with van der Waals surface area (Å²) in [5, 5.41) is 6.38. The highest BCUT2D eigenvalue weighted by atomic mass is 16.5. The third-order valence-corrected chi connectivity index (χ3v) is 4.22. The van der Waals surface area contributed by atoms with E-state index in [2.05, 4.69) is 17.6 Å². The van der Waals surface area contributed by atoms with E-state index in [1.165, 1.54) is 12.8 Å². The Bertz CT molecular complexity index is 482. The highest BCUT2D eigenvalue weighted by molar-refractivity contribution is 5.92. The van der Waals surface area contributed by atoms with Crippen LogP contribution in [0.4, 0.5) is 5.69 Å². The number of ether oxygens (including phenoxy) is 1. The molecule has 1 aromatic carbocycles. The van der Waals surface area contributed by atoms with Crippen molar-refractivity contribution >= 4 is 11.6 Å². The molecule has 122 valence electrons. The van der Waals surface area contributed by atoms with Gasteiger partial charge in [-0.05, 0) is 63.7 Å². The van der Waals surface area contributed by atoms with Gasteiger partial charge >= 0.3 is 0 Å². The Balaban J connectivity index is 1.91. The second kappa shape index (κ2) is 8.18. The molecule has 4 nitrogen and oxygen atoms in total. The van der Waals surface area contributed by atoms with E-state index < -0.39 is 0 Å². The summed E-state index contributed by atoms with van der Waals surface area (Å²) in [6.07, 6.45) is 3.00. The average Bonchev–Trinajstić information content (AvgIpc) is 2.49. The van der Waals surface area contributed by atoms with Crippen molar-refractivity contribution in [3.63, 3.8) is 0 Å². The van der Waals surface area contributed by atoms with E-state index in [1.54, 1.807) is 0 Å². The van der Waals surface area contributed by atoms with Crippen LogP contribution in [0.5, 0.6) is 5.75 Å². The van der Waals surface area contributed by atoms with Gasteiger partial charge in [-0.15, -0.1) is 0 Å². The number of amides is 1. The molecule has 4 heteroatoms. The van der Waals surface area contributed by atoms with E-state index in [-0.39, 0.29) is 12.0 Å². The molecule has 1 unspecified atom stereocenters. The molecular weight excluding hydrogens is 276 g/mol. The molecule has 2 N–H and O–H groups in total. The van der Waals surface area contributed by atoms with Crippen LogP contribution in [0, 0.1) is 11.8 Å². The van der Waals surface area contributed by atoms with Crippen molar-refractivity contribution < 1.29 is 9.53 Å². The van der Waals surface area contributed by atoms with Gasteiger partial charge in [0.25, 0.3) is 0 Å². The number of rotatable bonds is 6. The fourth-order valence-corrected chi connectivity index (χ4v) is 3.00. The Morgan fingerprint density at radius 1 is 1.27 bits per heavy atom. The van der Waals surface area contributed by atoms with Crippen molar-refractivity contribution in [2.75, 3.05) is 18.4 Å². The number of carbonyl (C=O) groups is 1. The van der Waals surface area contributed by atoms with E-state index in [0.717, 1.165) is 24.5 Å². The number of carbonyl (C=O) groups excluding carboxylic acids is 1. The van der Waals surface area contributed by atoms with Gasteiger partial charge in [0.15, 0.2) is 0 Å². The van der Waals surface area contributed by atoms with Gasteiger partial charge in [0.05, 0.1) is 11.8 Å². The van der Waals surface area contributed by atoms with Crippen molar-refractivity contribution in [2.45, 2.75) is 46.1 Å². The maximum Gasteiger partial charge on any atom is 0.224 e. The van der Waals surface area contributed by atoms with Gasteiger partial charge in [-0.3, -0.25) is 4.79 Å². The summed E-state index contributed by atoms with van der Waals surface area (Å²) in [5.41, 5.74) is 0.763. The fourth-order valence-electron chi connectivity index (χ4n) is 3.00. The zero-order valence-electron chi connectivity index (χ0n) is 13.9. The maximum atomic E-state index is 12.3. The van der Waals surface area contributed by atoms with E-state index in [9.17, 15) is 4.79 Å². The number of hydrogen-bond acceptors (Lipinski definition) is 3. The normalized spacial score (nSPS) is 17.3. The summed E-state index contributed by atoms with van der Waals surface area (Å²) in [4.78, 5) is 12.3. The van der Waals surface area contributed by atoms with Crippen molar-refractivity contribution in [3.05, 3.63) is 24.3 Å². The summed E-state index contributed by atoms with van der Waals surface area (Å²) in [6, 6.07) is 7.63. The first-order valence-electron chi connectivity index (χ1n) is 8.32. The number of benzene rings is 1. The zero-order valence-corrected chi connectivity index (χ0v) is 13.9. The van der Waals surface area contributed by atoms with Crippen LogP contribution in [0.15, 0.2) is 24.3 Å². The molecule has 1 heterocycles. The van der Waals surface area contributed by atoms with E-state index in [0.29, 0.717) is 18.3 Å². The van der Waals surface area contributed by atoms with Crippen LogP contribution in [0.3, 0.4) is 0 Å². The molecule has 1 amide bonds. The van der Waals surface area contributed by atoms with Gasteiger partial charge in [0.1, 0.15) is 5.75 Å². The lowest BCUT2D eigenvalue weighted by Gasteiger charge is -2.28. The van der Waals surface area contributed by atoms with Crippen LogP contribution in [-0.2, 0) is 4.79 Å². The van der Waals surface area contributed by atoms with Crippen LogP contribution in [0.25, 0.3) is 0 Å². The summed E-state index contributed by atoms with van der Waals surface area (Å²) >= 11 is 0. The minimum Gasteiger partial charge on any atom is -0.489 e. The molecular formula is C18H28N2O2. The lowest BCUT2D eigenvalue weighted by Crippen LogP contribution is -2.32. The quantitative estimate of drug-likeness (QED) is 0.846. The molecule has 0 aromatic heterocycles. The number of nitrogens with one attached hydrogen (secondary N) is 2. The monoisotopic (exact) mass is 304 g/mol. The number of piperidine rings is 1. The molecule has 0 bridgehead atoms. The lowest BCUT2D eigenvalue weighted by molar-refractivity contribution is -0.117. The van der Waals surface area contributed by atoms with Crippen molar-refractivity contribution in [3.8, 4) is 5.75 Å². The molecule has 22 heavy (non-hydrogen) atoms. The number of hydrogen-bond donors (Lipinski definition) is 2. The lowest BCUT2D eigenvalue weighted by atomic mass is 9.84. The first kappa shape index (κ1) is 16.8. The standard InChI is InChI=1S/C18H28N2O2/c1-13(2)22-17-7-5-4-6-16(17)20-18(21)12-14(3)15-8-10-19-11-9-15/h4-7,13-15,19H,8-12H2,1-3H3,(H,20,21).